The number of rotatable bonds is 6. The first-order valence-electron chi connectivity index (χ1n) is 10.1. The molecular weight excluding hydrogens is 451 g/mol. The first-order valence-corrected chi connectivity index (χ1v) is 12.4. The van der Waals surface area contributed by atoms with Crippen molar-refractivity contribution in [3.05, 3.63) is 64.7 Å². The predicted octanol–water partition coefficient (Wildman–Crippen LogP) is 3.41. The van der Waals surface area contributed by atoms with Crippen LogP contribution in [0.3, 0.4) is 0 Å². The molecule has 2 aromatic carbocycles. The highest BCUT2D eigenvalue weighted by Crippen LogP contribution is 2.24. The molecule has 1 amide bonds. The molecule has 0 aliphatic carbocycles. The summed E-state index contributed by atoms with van der Waals surface area (Å²) in [6.45, 7) is 4.05. The fourth-order valence-electron chi connectivity index (χ4n) is 3.52. The van der Waals surface area contributed by atoms with Gasteiger partial charge in [-0.05, 0) is 48.5 Å². The molecule has 0 saturated carbocycles. The van der Waals surface area contributed by atoms with Gasteiger partial charge < -0.3 is 5.32 Å². The van der Waals surface area contributed by atoms with Crippen molar-refractivity contribution < 1.29 is 17.6 Å². The predicted molar refractivity (Wildman–Crippen MR) is 122 cm³/mol. The highest BCUT2D eigenvalue weighted by Gasteiger charge is 2.28. The molecule has 7 nitrogen and oxygen atoms in total. The summed E-state index contributed by atoms with van der Waals surface area (Å²) in [5, 5.41) is 5.52. The third kappa shape index (κ3) is 5.21. The zero-order valence-corrected chi connectivity index (χ0v) is 19.1. The normalized spacial score (nSPS) is 15.6. The lowest BCUT2D eigenvalue weighted by Gasteiger charge is -2.33. The van der Waals surface area contributed by atoms with Crippen LogP contribution >= 0.6 is 11.3 Å². The van der Waals surface area contributed by atoms with E-state index in [1.165, 1.54) is 35.5 Å². The van der Waals surface area contributed by atoms with Gasteiger partial charge in [0.15, 0.2) is 0 Å². The number of carbonyl (C=O) groups excluding carboxylic acids is 1. The van der Waals surface area contributed by atoms with Gasteiger partial charge in [-0.15, -0.1) is 11.3 Å². The van der Waals surface area contributed by atoms with E-state index < -0.39 is 10.0 Å². The quantitative estimate of drug-likeness (QED) is 0.592. The van der Waals surface area contributed by atoms with Crippen LogP contribution in [0.4, 0.5) is 10.1 Å². The first-order chi connectivity index (χ1) is 15.3. The maximum absolute atomic E-state index is 13.1. The van der Waals surface area contributed by atoms with Crippen molar-refractivity contribution in [2.75, 3.05) is 31.5 Å². The van der Waals surface area contributed by atoms with Crippen molar-refractivity contribution in [2.24, 2.45) is 0 Å². The molecule has 0 spiro atoms. The van der Waals surface area contributed by atoms with Crippen LogP contribution in [0.25, 0.3) is 11.3 Å². The van der Waals surface area contributed by atoms with E-state index in [9.17, 15) is 17.6 Å². The second-order valence-electron chi connectivity index (χ2n) is 7.52. The molecular formula is C22H23FN4O3S2. The standard InChI is InChI=1S/C22H23FN4O3S2/c1-16(28)24-19-6-8-20(9-7-19)32(29,30)27-12-10-26(11-13-27)14-22-25-21(15-31-22)17-2-4-18(23)5-3-17/h2-9,15H,10-14H2,1H3,(H,24,28). The number of benzene rings is 2. The molecule has 3 aromatic rings. The van der Waals surface area contributed by atoms with Crippen molar-refractivity contribution >= 4 is 33.0 Å². The molecule has 1 aliphatic rings. The van der Waals surface area contributed by atoms with Crippen LogP contribution in [0.15, 0.2) is 58.8 Å². The topological polar surface area (TPSA) is 82.6 Å². The van der Waals surface area contributed by atoms with Gasteiger partial charge in [-0.3, -0.25) is 9.69 Å². The Morgan fingerprint density at radius 2 is 1.72 bits per heavy atom. The third-order valence-corrected chi connectivity index (χ3v) is 7.94. The van der Waals surface area contributed by atoms with E-state index in [4.69, 9.17) is 0 Å². The second-order valence-corrected chi connectivity index (χ2v) is 10.4. The summed E-state index contributed by atoms with van der Waals surface area (Å²) in [5.74, 6) is -0.484. The zero-order chi connectivity index (χ0) is 22.7. The number of amides is 1. The number of aromatic nitrogens is 1. The Bertz CT molecular complexity index is 1190. The average molecular weight is 475 g/mol. The van der Waals surface area contributed by atoms with E-state index in [0.717, 1.165) is 16.3 Å². The van der Waals surface area contributed by atoms with Crippen LogP contribution < -0.4 is 5.32 Å². The van der Waals surface area contributed by atoms with Crippen LogP contribution in [0.2, 0.25) is 0 Å². The number of hydrogen-bond donors (Lipinski definition) is 1. The molecule has 1 N–H and O–H groups in total. The molecule has 1 aliphatic heterocycles. The minimum Gasteiger partial charge on any atom is -0.326 e. The van der Waals surface area contributed by atoms with Crippen molar-refractivity contribution in [1.29, 1.82) is 0 Å². The van der Waals surface area contributed by atoms with Gasteiger partial charge in [-0.25, -0.2) is 17.8 Å². The van der Waals surface area contributed by atoms with Crippen molar-refractivity contribution in [3.8, 4) is 11.3 Å². The number of thiazole rings is 1. The summed E-state index contributed by atoms with van der Waals surface area (Å²) in [5.41, 5.74) is 2.24. The summed E-state index contributed by atoms with van der Waals surface area (Å²) in [6, 6.07) is 12.5. The highest BCUT2D eigenvalue weighted by molar-refractivity contribution is 7.89. The number of sulfonamides is 1. The van der Waals surface area contributed by atoms with Gasteiger partial charge in [0, 0.05) is 49.7 Å². The molecule has 32 heavy (non-hydrogen) atoms. The molecule has 0 radical (unpaired) electrons. The SMILES string of the molecule is CC(=O)Nc1ccc(S(=O)(=O)N2CCN(Cc3nc(-c4ccc(F)cc4)cs3)CC2)cc1. The number of nitrogens with zero attached hydrogens (tertiary/aromatic N) is 3. The molecule has 168 valence electrons. The molecule has 0 atom stereocenters. The molecule has 4 rings (SSSR count). The minimum atomic E-state index is -3.59. The Kier molecular flexibility index (Phi) is 6.66. The Morgan fingerprint density at radius 1 is 1.06 bits per heavy atom. The fourth-order valence-corrected chi connectivity index (χ4v) is 5.79. The van der Waals surface area contributed by atoms with Crippen LogP contribution in [0.5, 0.6) is 0 Å². The number of anilines is 1. The van der Waals surface area contributed by atoms with E-state index in [1.54, 1.807) is 35.6 Å². The van der Waals surface area contributed by atoms with E-state index in [-0.39, 0.29) is 16.6 Å². The minimum absolute atomic E-state index is 0.207. The summed E-state index contributed by atoms with van der Waals surface area (Å²) in [6.07, 6.45) is 0. The van der Waals surface area contributed by atoms with Crippen LogP contribution in [-0.4, -0.2) is 54.7 Å². The van der Waals surface area contributed by atoms with Gasteiger partial charge in [-0.2, -0.15) is 4.31 Å². The number of nitrogens with one attached hydrogen (secondary N) is 1. The largest absolute Gasteiger partial charge is 0.326 e. The average Bonchev–Trinajstić information content (AvgIpc) is 3.23. The number of halogens is 1. The molecule has 0 bridgehead atoms. The number of carbonyl (C=O) groups is 1. The maximum atomic E-state index is 13.1. The highest BCUT2D eigenvalue weighted by atomic mass is 32.2. The summed E-state index contributed by atoms with van der Waals surface area (Å²) in [4.78, 5) is 18.2. The first kappa shape index (κ1) is 22.5. The maximum Gasteiger partial charge on any atom is 0.243 e. The van der Waals surface area contributed by atoms with Gasteiger partial charge >= 0.3 is 0 Å². The molecule has 1 saturated heterocycles. The number of hydrogen-bond acceptors (Lipinski definition) is 6. The molecule has 0 unspecified atom stereocenters. The summed E-state index contributed by atoms with van der Waals surface area (Å²) >= 11 is 1.54. The smallest absolute Gasteiger partial charge is 0.243 e. The van der Waals surface area contributed by atoms with Gasteiger partial charge in [0.2, 0.25) is 15.9 Å². The zero-order valence-electron chi connectivity index (χ0n) is 17.5. The van der Waals surface area contributed by atoms with Gasteiger partial charge in [-0.1, -0.05) is 0 Å². The van der Waals surface area contributed by atoms with Crippen molar-refractivity contribution in [1.82, 2.24) is 14.2 Å². The Hall–Kier alpha value is -2.66. The fraction of sp³-hybridized carbons (Fsp3) is 0.273. The van der Waals surface area contributed by atoms with E-state index in [1.807, 2.05) is 5.38 Å². The van der Waals surface area contributed by atoms with E-state index in [0.29, 0.717) is 38.4 Å². The second kappa shape index (κ2) is 9.45. The Balaban J connectivity index is 1.35. The van der Waals surface area contributed by atoms with Gasteiger partial charge in [0.1, 0.15) is 10.8 Å². The van der Waals surface area contributed by atoms with E-state index in [2.05, 4.69) is 15.2 Å². The van der Waals surface area contributed by atoms with E-state index >= 15 is 0 Å². The Labute approximate surface area is 190 Å². The molecule has 10 heteroatoms. The lowest BCUT2D eigenvalue weighted by atomic mass is 10.2. The lowest BCUT2D eigenvalue weighted by molar-refractivity contribution is -0.114. The summed E-state index contributed by atoms with van der Waals surface area (Å²) < 4.78 is 40.5. The van der Waals surface area contributed by atoms with Crippen molar-refractivity contribution in [2.45, 2.75) is 18.4 Å². The van der Waals surface area contributed by atoms with Gasteiger partial charge in [0.05, 0.1) is 17.1 Å². The van der Waals surface area contributed by atoms with Crippen LogP contribution in [0, 0.1) is 5.82 Å². The lowest BCUT2D eigenvalue weighted by Crippen LogP contribution is -2.48. The van der Waals surface area contributed by atoms with Crippen molar-refractivity contribution in [3.63, 3.8) is 0 Å². The van der Waals surface area contributed by atoms with Crippen LogP contribution in [0.1, 0.15) is 11.9 Å². The molecule has 1 fully saturated rings. The monoisotopic (exact) mass is 474 g/mol. The number of piperazine rings is 1. The van der Waals surface area contributed by atoms with Crippen LogP contribution in [-0.2, 0) is 21.4 Å². The van der Waals surface area contributed by atoms with Gasteiger partial charge in [0.25, 0.3) is 0 Å². The Morgan fingerprint density at radius 3 is 2.34 bits per heavy atom. The summed E-state index contributed by atoms with van der Waals surface area (Å²) in [7, 11) is -3.59. The molecule has 2 heterocycles. The third-order valence-electron chi connectivity index (χ3n) is 5.19. The molecule has 1 aromatic heterocycles.